The Kier molecular flexibility index (Phi) is 7.70. The smallest absolute Gasteiger partial charge is 0.416 e. The molecular weight excluding hydrogens is 520 g/mol. The summed E-state index contributed by atoms with van der Waals surface area (Å²) in [5.74, 6) is 1.69. The van der Waals surface area contributed by atoms with Crippen LogP contribution in [0.2, 0.25) is 5.02 Å². The first-order chi connectivity index (χ1) is 18.8. The van der Waals surface area contributed by atoms with Crippen molar-refractivity contribution in [2.24, 2.45) is 5.41 Å². The fourth-order valence-electron chi connectivity index (χ4n) is 4.75. The summed E-state index contributed by atoms with van der Waals surface area (Å²) < 4.78 is 16.8. The number of hydrogen-bond acceptors (Lipinski definition) is 6. The van der Waals surface area contributed by atoms with E-state index in [1.54, 1.807) is 43.2 Å². The van der Waals surface area contributed by atoms with E-state index in [1.165, 1.54) is 0 Å². The van der Waals surface area contributed by atoms with Crippen molar-refractivity contribution < 1.29 is 29.2 Å². The van der Waals surface area contributed by atoms with Crippen LogP contribution in [0.25, 0.3) is 10.9 Å². The van der Waals surface area contributed by atoms with Gasteiger partial charge in [0.25, 0.3) is 0 Å². The number of ether oxygens (including phenoxy) is 3. The zero-order valence-electron chi connectivity index (χ0n) is 21.8. The summed E-state index contributed by atoms with van der Waals surface area (Å²) in [6.45, 7) is 1.98. The number of hydrogen-bond donors (Lipinski definition) is 3. The average Bonchev–Trinajstić information content (AvgIpc) is 3.34. The van der Waals surface area contributed by atoms with Crippen LogP contribution in [0.1, 0.15) is 29.8 Å². The lowest BCUT2D eigenvalue weighted by atomic mass is 9.92. The third-order valence-corrected chi connectivity index (χ3v) is 7.37. The van der Waals surface area contributed by atoms with Crippen LogP contribution >= 0.6 is 11.6 Å². The van der Waals surface area contributed by atoms with Crippen molar-refractivity contribution in [3.63, 3.8) is 0 Å². The van der Waals surface area contributed by atoms with Crippen molar-refractivity contribution in [1.29, 1.82) is 0 Å². The van der Waals surface area contributed by atoms with E-state index < -0.39 is 17.6 Å². The molecule has 1 aliphatic rings. The Morgan fingerprint density at radius 1 is 1.03 bits per heavy atom. The van der Waals surface area contributed by atoms with Crippen LogP contribution in [-0.2, 0) is 6.42 Å². The molecule has 5 rings (SSSR count). The number of H-pyrrole nitrogens is 1. The molecule has 0 spiro atoms. The number of aromatic nitrogens is 1. The largest absolute Gasteiger partial charge is 0.497 e. The topological polar surface area (TPSA) is 104 Å². The highest BCUT2D eigenvalue weighted by Gasteiger charge is 2.36. The fourth-order valence-corrected chi connectivity index (χ4v) is 4.92. The molecule has 9 heteroatoms. The molecular formula is C30H31ClN2O6. The first kappa shape index (κ1) is 26.9. The molecule has 204 valence electrons. The minimum Gasteiger partial charge on any atom is -0.497 e. The minimum atomic E-state index is -0.745. The maximum absolute atomic E-state index is 13.5. The molecule has 1 unspecified atom stereocenters. The zero-order valence-corrected chi connectivity index (χ0v) is 22.6. The second-order valence-electron chi connectivity index (χ2n) is 10.1. The Morgan fingerprint density at radius 2 is 1.69 bits per heavy atom. The lowest BCUT2D eigenvalue weighted by Gasteiger charge is -2.35. The van der Waals surface area contributed by atoms with E-state index in [4.69, 9.17) is 25.8 Å². The van der Waals surface area contributed by atoms with Crippen LogP contribution in [-0.4, -0.2) is 59.7 Å². The van der Waals surface area contributed by atoms with Gasteiger partial charge in [-0.15, -0.1) is 0 Å². The monoisotopic (exact) mass is 550 g/mol. The van der Waals surface area contributed by atoms with Crippen molar-refractivity contribution in [3.05, 3.63) is 88.6 Å². The lowest BCUT2D eigenvalue weighted by Crippen LogP contribution is -2.42. The van der Waals surface area contributed by atoms with Gasteiger partial charge in [0.1, 0.15) is 23.3 Å². The molecule has 0 radical (unpaired) electrons. The minimum absolute atomic E-state index is 0.163. The van der Waals surface area contributed by atoms with Gasteiger partial charge in [-0.1, -0.05) is 30.7 Å². The lowest BCUT2D eigenvalue weighted by molar-refractivity contribution is 0.0287. The maximum Gasteiger partial charge on any atom is 0.416 e. The predicted molar refractivity (Wildman–Crippen MR) is 149 cm³/mol. The Morgan fingerprint density at radius 3 is 2.36 bits per heavy atom. The number of fused-ring (bicyclic) bond motifs is 3. The highest BCUT2D eigenvalue weighted by atomic mass is 35.5. The summed E-state index contributed by atoms with van der Waals surface area (Å²) in [5.41, 5.74) is 3.11. The van der Waals surface area contributed by atoms with Crippen LogP contribution in [0.4, 0.5) is 4.79 Å². The van der Waals surface area contributed by atoms with E-state index in [0.717, 1.165) is 27.7 Å². The molecule has 4 aromatic rings. The Bertz CT molecular complexity index is 1450. The molecule has 39 heavy (non-hydrogen) atoms. The highest BCUT2D eigenvalue weighted by molar-refractivity contribution is 6.31. The Balaban J connectivity index is 1.47. The molecule has 0 saturated carbocycles. The second kappa shape index (κ2) is 11.2. The number of aromatic amines is 1. The highest BCUT2D eigenvalue weighted by Crippen LogP contribution is 2.40. The van der Waals surface area contributed by atoms with E-state index in [9.17, 15) is 15.0 Å². The molecule has 1 aliphatic heterocycles. The molecule has 0 bridgehead atoms. The van der Waals surface area contributed by atoms with Crippen molar-refractivity contribution in [2.45, 2.75) is 19.4 Å². The van der Waals surface area contributed by atoms with Gasteiger partial charge < -0.3 is 29.4 Å². The number of benzene rings is 3. The van der Waals surface area contributed by atoms with E-state index in [2.05, 4.69) is 4.98 Å². The molecule has 8 nitrogen and oxygen atoms in total. The molecule has 0 saturated heterocycles. The SMILES string of the molecule is COc1ccc(OC(=O)N2CCc3c([nH]c4ccc(Cl)cc34)C2c2ccc(OCC(C)(CO)CO)cc2)cc1. The number of methoxy groups -OCH3 is 1. The number of rotatable bonds is 8. The van der Waals surface area contributed by atoms with Crippen molar-refractivity contribution in [1.82, 2.24) is 9.88 Å². The van der Waals surface area contributed by atoms with E-state index in [0.29, 0.717) is 35.2 Å². The summed E-state index contributed by atoms with van der Waals surface area (Å²) in [5, 5.41) is 20.8. The zero-order chi connectivity index (χ0) is 27.6. The molecule has 0 aliphatic carbocycles. The van der Waals surface area contributed by atoms with Gasteiger partial charge in [-0.05, 0) is 72.1 Å². The maximum atomic E-state index is 13.5. The van der Waals surface area contributed by atoms with Gasteiger partial charge in [0.15, 0.2) is 0 Å². The van der Waals surface area contributed by atoms with Crippen LogP contribution < -0.4 is 14.2 Å². The summed E-state index contributed by atoms with van der Waals surface area (Å²) >= 11 is 6.31. The van der Waals surface area contributed by atoms with Crippen LogP contribution in [0.5, 0.6) is 17.2 Å². The number of nitrogens with one attached hydrogen (secondary N) is 1. The molecule has 0 fully saturated rings. The van der Waals surface area contributed by atoms with Crippen LogP contribution in [0.3, 0.4) is 0 Å². The number of halogens is 1. The summed E-state index contributed by atoms with van der Waals surface area (Å²) in [4.78, 5) is 18.7. The van der Waals surface area contributed by atoms with Gasteiger partial charge in [-0.3, -0.25) is 4.90 Å². The first-order valence-corrected chi connectivity index (χ1v) is 13.1. The number of carbonyl (C=O) groups excluding carboxylic acids is 1. The standard InChI is InChI=1S/C30H31ClN2O6/c1-30(16-34,17-35)18-38-22-6-3-19(4-7-22)28-27-24(25-15-20(31)5-12-26(25)32-27)13-14-33(28)29(36)39-23-10-8-21(37-2)9-11-23/h3-12,15,28,32,34-35H,13-14,16-18H2,1-2H3. The van der Waals surface area contributed by atoms with E-state index in [1.807, 2.05) is 42.5 Å². The molecule has 3 aromatic carbocycles. The van der Waals surface area contributed by atoms with Crippen molar-refractivity contribution >= 4 is 28.6 Å². The number of aliphatic hydroxyl groups is 2. The molecule has 2 heterocycles. The van der Waals surface area contributed by atoms with Crippen LogP contribution in [0.15, 0.2) is 66.7 Å². The number of nitrogens with zero attached hydrogens (tertiary/aromatic N) is 1. The average molecular weight is 551 g/mol. The third kappa shape index (κ3) is 5.54. The van der Waals surface area contributed by atoms with Gasteiger partial charge in [0.2, 0.25) is 0 Å². The van der Waals surface area contributed by atoms with Gasteiger partial charge in [0.05, 0.1) is 26.9 Å². The summed E-state index contributed by atoms with van der Waals surface area (Å²) in [6, 6.07) is 19.7. The number of aliphatic hydroxyl groups excluding tert-OH is 2. The number of amides is 1. The fraction of sp³-hybridized carbons (Fsp3) is 0.300. The van der Waals surface area contributed by atoms with Gasteiger partial charge >= 0.3 is 6.09 Å². The van der Waals surface area contributed by atoms with E-state index >= 15 is 0 Å². The van der Waals surface area contributed by atoms with Gasteiger partial charge in [0, 0.05) is 33.6 Å². The van der Waals surface area contributed by atoms with E-state index in [-0.39, 0.29) is 19.8 Å². The van der Waals surface area contributed by atoms with Crippen molar-refractivity contribution in [3.8, 4) is 17.2 Å². The predicted octanol–water partition coefficient (Wildman–Crippen LogP) is 5.35. The molecule has 1 atom stereocenters. The Labute approximate surface area is 231 Å². The normalized spacial score (nSPS) is 15.2. The summed E-state index contributed by atoms with van der Waals surface area (Å²) in [7, 11) is 1.58. The molecule has 1 aromatic heterocycles. The quantitative estimate of drug-likeness (QED) is 0.273. The van der Waals surface area contributed by atoms with Gasteiger partial charge in [-0.25, -0.2) is 4.79 Å². The third-order valence-electron chi connectivity index (χ3n) is 7.13. The van der Waals surface area contributed by atoms with Crippen LogP contribution in [0, 0.1) is 5.41 Å². The van der Waals surface area contributed by atoms with Crippen molar-refractivity contribution in [2.75, 3.05) is 33.5 Å². The molecule has 1 amide bonds. The second-order valence-corrected chi connectivity index (χ2v) is 10.5. The Hall–Kier alpha value is -3.72. The number of carbonyl (C=O) groups is 1. The van der Waals surface area contributed by atoms with Gasteiger partial charge in [-0.2, -0.15) is 0 Å². The molecule has 3 N–H and O–H groups in total. The summed E-state index contributed by atoms with van der Waals surface area (Å²) in [6.07, 6.45) is 0.181. The first-order valence-electron chi connectivity index (χ1n) is 12.7.